The molecule has 2 nitrogen and oxygen atoms in total. The van der Waals surface area contributed by atoms with Gasteiger partial charge in [-0.2, -0.15) is 0 Å². The number of hydrogen-bond acceptors (Lipinski definition) is 2. The predicted molar refractivity (Wildman–Crippen MR) is 70.1 cm³/mol. The number of rotatable bonds is 4. The summed E-state index contributed by atoms with van der Waals surface area (Å²) in [5, 5.41) is 1.08. The summed E-state index contributed by atoms with van der Waals surface area (Å²) < 4.78 is 0. The SMILES string of the molecule is CC(C)CCC(=O)c1ccc2ccccc2n1. The molecule has 0 N–H and O–H groups in total. The molecule has 0 radical (unpaired) electrons. The van der Waals surface area contributed by atoms with Crippen LogP contribution in [0, 0.1) is 5.92 Å². The summed E-state index contributed by atoms with van der Waals surface area (Å²) >= 11 is 0. The first-order valence-electron chi connectivity index (χ1n) is 6.06. The first-order chi connectivity index (χ1) is 8.16. The molecule has 88 valence electrons. The Kier molecular flexibility index (Phi) is 3.52. The zero-order valence-corrected chi connectivity index (χ0v) is 10.3. The van der Waals surface area contributed by atoms with E-state index in [2.05, 4.69) is 18.8 Å². The molecule has 0 aliphatic rings. The molecule has 0 unspecified atom stereocenters. The standard InChI is InChI=1S/C15H17NO/c1-11(2)7-10-15(17)14-9-8-12-5-3-4-6-13(12)16-14/h3-6,8-9,11H,7,10H2,1-2H3. The van der Waals surface area contributed by atoms with Crippen LogP contribution in [-0.2, 0) is 0 Å². The lowest BCUT2D eigenvalue weighted by Crippen LogP contribution is -2.03. The molecule has 0 aliphatic heterocycles. The molecule has 0 atom stereocenters. The maximum atomic E-state index is 11.9. The number of Topliss-reactive ketones (excluding diaryl/α,β-unsaturated/α-hetero) is 1. The number of carbonyl (C=O) groups excluding carboxylic acids is 1. The normalized spacial score (nSPS) is 11.0. The maximum absolute atomic E-state index is 11.9. The molecule has 1 aromatic heterocycles. The van der Waals surface area contributed by atoms with E-state index >= 15 is 0 Å². The zero-order chi connectivity index (χ0) is 12.3. The van der Waals surface area contributed by atoms with Gasteiger partial charge in [0.2, 0.25) is 0 Å². The Balaban J connectivity index is 2.21. The molecule has 1 aromatic carbocycles. The Labute approximate surface area is 102 Å². The van der Waals surface area contributed by atoms with Crippen molar-refractivity contribution in [1.82, 2.24) is 4.98 Å². The molecule has 0 amide bonds. The van der Waals surface area contributed by atoms with Crippen LogP contribution < -0.4 is 0 Å². The van der Waals surface area contributed by atoms with Crippen LogP contribution in [0.1, 0.15) is 37.2 Å². The minimum absolute atomic E-state index is 0.143. The third kappa shape index (κ3) is 2.90. The van der Waals surface area contributed by atoms with Gasteiger partial charge in [0.15, 0.2) is 5.78 Å². The van der Waals surface area contributed by atoms with E-state index in [1.165, 1.54) is 0 Å². The third-order valence-electron chi connectivity index (χ3n) is 2.83. The van der Waals surface area contributed by atoms with Crippen LogP contribution in [0.15, 0.2) is 36.4 Å². The second-order valence-corrected chi connectivity index (χ2v) is 4.74. The average Bonchev–Trinajstić information content (AvgIpc) is 2.35. The summed E-state index contributed by atoms with van der Waals surface area (Å²) in [5.74, 6) is 0.698. The number of hydrogen-bond donors (Lipinski definition) is 0. The Morgan fingerprint density at radius 2 is 1.94 bits per heavy atom. The van der Waals surface area contributed by atoms with Crippen LogP contribution in [0.4, 0.5) is 0 Å². The number of aromatic nitrogens is 1. The fourth-order valence-corrected chi connectivity index (χ4v) is 1.77. The Bertz CT molecular complexity index is 531. The minimum Gasteiger partial charge on any atom is -0.292 e. The lowest BCUT2D eigenvalue weighted by molar-refractivity contribution is 0.0971. The topological polar surface area (TPSA) is 30.0 Å². The molecular weight excluding hydrogens is 210 g/mol. The van der Waals surface area contributed by atoms with E-state index in [9.17, 15) is 4.79 Å². The van der Waals surface area contributed by atoms with Gasteiger partial charge in [0.1, 0.15) is 5.69 Å². The highest BCUT2D eigenvalue weighted by Crippen LogP contribution is 2.14. The first-order valence-corrected chi connectivity index (χ1v) is 6.06. The van der Waals surface area contributed by atoms with E-state index in [1.54, 1.807) is 0 Å². The number of fused-ring (bicyclic) bond motifs is 1. The average molecular weight is 227 g/mol. The summed E-state index contributed by atoms with van der Waals surface area (Å²) in [5.41, 5.74) is 1.48. The van der Waals surface area contributed by atoms with Gasteiger partial charge >= 0.3 is 0 Å². The van der Waals surface area contributed by atoms with E-state index in [0.717, 1.165) is 17.3 Å². The van der Waals surface area contributed by atoms with Crippen LogP contribution in [0.2, 0.25) is 0 Å². The number of para-hydroxylation sites is 1. The second kappa shape index (κ2) is 5.09. The van der Waals surface area contributed by atoms with Crippen molar-refractivity contribution in [3.63, 3.8) is 0 Å². The van der Waals surface area contributed by atoms with Gasteiger partial charge in [-0.3, -0.25) is 4.79 Å². The van der Waals surface area contributed by atoms with E-state index in [1.807, 2.05) is 36.4 Å². The zero-order valence-electron chi connectivity index (χ0n) is 10.3. The van der Waals surface area contributed by atoms with E-state index in [-0.39, 0.29) is 5.78 Å². The summed E-state index contributed by atoms with van der Waals surface area (Å²) in [4.78, 5) is 16.3. The van der Waals surface area contributed by atoms with Crippen molar-refractivity contribution >= 4 is 16.7 Å². The number of benzene rings is 1. The fourth-order valence-electron chi connectivity index (χ4n) is 1.77. The highest BCUT2D eigenvalue weighted by molar-refractivity contribution is 5.96. The van der Waals surface area contributed by atoms with Gasteiger partial charge < -0.3 is 0 Å². The van der Waals surface area contributed by atoms with Crippen LogP contribution in [-0.4, -0.2) is 10.8 Å². The van der Waals surface area contributed by atoms with Crippen molar-refractivity contribution in [3.8, 4) is 0 Å². The summed E-state index contributed by atoms with van der Waals surface area (Å²) in [6.45, 7) is 4.25. The van der Waals surface area contributed by atoms with Crippen molar-refractivity contribution in [1.29, 1.82) is 0 Å². The third-order valence-corrected chi connectivity index (χ3v) is 2.83. The quantitative estimate of drug-likeness (QED) is 0.742. The predicted octanol–water partition coefficient (Wildman–Crippen LogP) is 3.85. The van der Waals surface area contributed by atoms with Crippen molar-refractivity contribution in [3.05, 3.63) is 42.1 Å². The van der Waals surface area contributed by atoms with Crippen molar-refractivity contribution in [2.45, 2.75) is 26.7 Å². The number of ketones is 1. The highest BCUT2D eigenvalue weighted by Gasteiger charge is 2.08. The Hall–Kier alpha value is -1.70. The molecule has 1 heterocycles. The monoisotopic (exact) mass is 227 g/mol. The van der Waals surface area contributed by atoms with Gasteiger partial charge in [0.05, 0.1) is 5.52 Å². The largest absolute Gasteiger partial charge is 0.292 e. The van der Waals surface area contributed by atoms with Crippen LogP contribution in [0.25, 0.3) is 10.9 Å². The number of nitrogens with zero attached hydrogens (tertiary/aromatic N) is 1. The smallest absolute Gasteiger partial charge is 0.181 e. The molecule has 17 heavy (non-hydrogen) atoms. The van der Waals surface area contributed by atoms with Crippen LogP contribution in [0.3, 0.4) is 0 Å². The van der Waals surface area contributed by atoms with E-state index in [4.69, 9.17) is 0 Å². The van der Waals surface area contributed by atoms with Gasteiger partial charge in [0.25, 0.3) is 0 Å². The minimum atomic E-state index is 0.143. The molecule has 2 rings (SSSR count). The molecule has 0 saturated heterocycles. The Morgan fingerprint density at radius 1 is 1.18 bits per heavy atom. The molecule has 0 aliphatic carbocycles. The van der Waals surface area contributed by atoms with Crippen molar-refractivity contribution in [2.24, 2.45) is 5.92 Å². The molecule has 0 spiro atoms. The Morgan fingerprint density at radius 3 is 2.71 bits per heavy atom. The van der Waals surface area contributed by atoms with Gasteiger partial charge in [0, 0.05) is 11.8 Å². The van der Waals surface area contributed by atoms with Crippen molar-refractivity contribution < 1.29 is 4.79 Å². The van der Waals surface area contributed by atoms with E-state index in [0.29, 0.717) is 18.0 Å². The van der Waals surface area contributed by atoms with Gasteiger partial charge in [-0.05, 0) is 24.5 Å². The van der Waals surface area contributed by atoms with E-state index < -0.39 is 0 Å². The lowest BCUT2D eigenvalue weighted by Gasteiger charge is -2.04. The highest BCUT2D eigenvalue weighted by atomic mass is 16.1. The fraction of sp³-hybridized carbons (Fsp3) is 0.333. The van der Waals surface area contributed by atoms with Gasteiger partial charge in [-0.1, -0.05) is 38.1 Å². The molecular formula is C15H17NO. The van der Waals surface area contributed by atoms with Crippen LogP contribution >= 0.6 is 0 Å². The molecule has 2 heteroatoms. The van der Waals surface area contributed by atoms with Gasteiger partial charge in [-0.15, -0.1) is 0 Å². The molecule has 2 aromatic rings. The molecule has 0 bridgehead atoms. The molecule has 0 fully saturated rings. The summed E-state index contributed by atoms with van der Waals surface area (Å²) in [6.07, 6.45) is 1.51. The number of pyridine rings is 1. The molecule has 0 saturated carbocycles. The summed E-state index contributed by atoms with van der Waals surface area (Å²) in [7, 11) is 0. The number of carbonyl (C=O) groups is 1. The maximum Gasteiger partial charge on any atom is 0.181 e. The summed E-state index contributed by atoms with van der Waals surface area (Å²) in [6, 6.07) is 11.6. The van der Waals surface area contributed by atoms with Crippen LogP contribution in [0.5, 0.6) is 0 Å². The second-order valence-electron chi connectivity index (χ2n) is 4.74. The first kappa shape index (κ1) is 11.8. The van der Waals surface area contributed by atoms with Crippen molar-refractivity contribution in [2.75, 3.05) is 0 Å². The van der Waals surface area contributed by atoms with Gasteiger partial charge in [-0.25, -0.2) is 4.98 Å². The lowest BCUT2D eigenvalue weighted by atomic mass is 10.0.